The van der Waals surface area contributed by atoms with Crippen molar-refractivity contribution in [1.82, 2.24) is 4.57 Å². The number of nitrogens with zero attached hydrogens (tertiary/aromatic N) is 1. The number of para-hydroxylation sites is 2. The number of aromatic nitrogens is 1. The van der Waals surface area contributed by atoms with Crippen molar-refractivity contribution < 1.29 is 4.74 Å². The average molecular weight is 371 g/mol. The second kappa shape index (κ2) is 5.18. The molecule has 0 amide bonds. The van der Waals surface area contributed by atoms with Gasteiger partial charge in [-0.3, -0.25) is 9.36 Å². The van der Waals surface area contributed by atoms with Crippen LogP contribution in [0.5, 0.6) is 11.5 Å². The Hall–Kier alpha value is -3.79. The zero-order valence-corrected chi connectivity index (χ0v) is 15.4. The van der Waals surface area contributed by atoms with E-state index in [9.17, 15) is 4.79 Å². The van der Waals surface area contributed by atoms with E-state index < -0.39 is 0 Å². The summed E-state index contributed by atoms with van der Waals surface area (Å²) in [7, 11) is 0. The zero-order chi connectivity index (χ0) is 19.1. The molecule has 0 atom stereocenters. The van der Waals surface area contributed by atoms with Crippen molar-refractivity contribution in [1.29, 1.82) is 0 Å². The first-order chi connectivity index (χ1) is 14.3. The van der Waals surface area contributed by atoms with Gasteiger partial charge in [0.15, 0.2) is 0 Å². The number of rotatable bonds is 0. The second-order valence-corrected chi connectivity index (χ2v) is 7.69. The number of pyridine rings is 1. The van der Waals surface area contributed by atoms with Gasteiger partial charge in [0.25, 0.3) is 12.3 Å². The van der Waals surface area contributed by atoms with Crippen LogP contribution in [0.4, 0.5) is 0 Å². The maximum absolute atomic E-state index is 13.6. The standard InChI is InChI=1S/C25H14BNO2/c28-25-17-8-2-1-7-15(17)16-13-14-22-23-24(16)27(25)20-11-5-3-9-18(20)26(23)19-10-4-6-12-21(19)29-22/h1-14H. The summed E-state index contributed by atoms with van der Waals surface area (Å²) in [6, 6.07) is 28.5. The lowest BCUT2D eigenvalue weighted by Crippen LogP contribution is -2.59. The Balaban J connectivity index is 1.79. The Morgan fingerprint density at radius 3 is 2.28 bits per heavy atom. The van der Waals surface area contributed by atoms with Crippen molar-refractivity contribution in [3.63, 3.8) is 0 Å². The molecule has 3 heterocycles. The van der Waals surface area contributed by atoms with Crippen molar-refractivity contribution in [2.75, 3.05) is 0 Å². The van der Waals surface area contributed by atoms with E-state index in [0.29, 0.717) is 0 Å². The molecule has 4 heteroatoms. The lowest BCUT2D eigenvalue weighted by molar-refractivity contribution is 0.488. The van der Waals surface area contributed by atoms with E-state index in [1.54, 1.807) is 0 Å². The Morgan fingerprint density at radius 1 is 0.655 bits per heavy atom. The van der Waals surface area contributed by atoms with Crippen LogP contribution in [0.2, 0.25) is 0 Å². The molecule has 0 aliphatic carbocycles. The zero-order valence-electron chi connectivity index (χ0n) is 15.4. The first kappa shape index (κ1) is 15.2. The van der Waals surface area contributed by atoms with E-state index in [1.165, 1.54) is 0 Å². The van der Waals surface area contributed by atoms with Crippen LogP contribution >= 0.6 is 0 Å². The molecular formula is C25H14BNO2. The molecule has 0 N–H and O–H groups in total. The van der Waals surface area contributed by atoms with Gasteiger partial charge in [0.05, 0.1) is 5.52 Å². The van der Waals surface area contributed by atoms with Gasteiger partial charge in [-0.25, -0.2) is 0 Å². The topological polar surface area (TPSA) is 31.2 Å². The van der Waals surface area contributed by atoms with Gasteiger partial charge in [0.2, 0.25) is 0 Å². The van der Waals surface area contributed by atoms with Crippen LogP contribution < -0.4 is 26.7 Å². The average Bonchev–Trinajstić information content (AvgIpc) is 2.78. The van der Waals surface area contributed by atoms with Gasteiger partial charge >= 0.3 is 0 Å². The molecule has 2 aliphatic heterocycles. The minimum absolute atomic E-state index is 0.0197. The molecular weight excluding hydrogens is 357 g/mol. The monoisotopic (exact) mass is 371 g/mol. The highest BCUT2D eigenvalue weighted by atomic mass is 16.5. The molecule has 0 fully saturated rings. The van der Waals surface area contributed by atoms with Gasteiger partial charge in [-0.1, -0.05) is 54.6 Å². The third-order valence-electron chi connectivity index (χ3n) is 6.28. The van der Waals surface area contributed by atoms with Crippen LogP contribution in [-0.4, -0.2) is 11.3 Å². The van der Waals surface area contributed by atoms with Crippen molar-refractivity contribution in [3.8, 4) is 17.2 Å². The molecule has 0 spiro atoms. The predicted octanol–water partition coefficient (Wildman–Crippen LogP) is 3.08. The van der Waals surface area contributed by atoms with Crippen LogP contribution in [0.25, 0.3) is 27.4 Å². The van der Waals surface area contributed by atoms with Crippen molar-refractivity contribution >= 4 is 44.8 Å². The number of benzene rings is 4. The molecule has 1 aromatic heterocycles. The second-order valence-electron chi connectivity index (χ2n) is 7.69. The molecule has 0 bridgehead atoms. The molecule has 5 aromatic rings. The summed E-state index contributed by atoms with van der Waals surface area (Å²) >= 11 is 0. The summed E-state index contributed by atoms with van der Waals surface area (Å²) in [5.74, 6) is 1.72. The Bertz CT molecular complexity index is 1570. The van der Waals surface area contributed by atoms with Gasteiger partial charge in [-0.15, -0.1) is 0 Å². The van der Waals surface area contributed by atoms with Gasteiger partial charge in [-0.05, 0) is 52.1 Å². The highest BCUT2D eigenvalue weighted by Gasteiger charge is 2.39. The molecule has 4 aromatic carbocycles. The quantitative estimate of drug-likeness (QED) is 0.303. The van der Waals surface area contributed by atoms with Gasteiger partial charge in [-0.2, -0.15) is 0 Å². The summed E-state index contributed by atoms with van der Waals surface area (Å²) in [4.78, 5) is 13.6. The van der Waals surface area contributed by atoms with E-state index in [-0.39, 0.29) is 12.3 Å². The summed E-state index contributed by atoms with van der Waals surface area (Å²) < 4.78 is 8.18. The lowest BCUT2D eigenvalue weighted by Gasteiger charge is -2.33. The molecule has 3 nitrogen and oxygen atoms in total. The van der Waals surface area contributed by atoms with Crippen molar-refractivity contribution in [2.24, 2.45) is 0 Å². The van der Waals surface area contributed by atoms with E-state index in [0.717, 1.165) is 55.3 Å². The smallest absolute Gasteiger partial charge is 0.263 e. The third kappa shape index (κ3) is 1.77. The van der Waals surface area contributed by atoms with E-state index in [4.69, 9.17) is 4.74 Å². The molecule has 29 heavy (non-hydrogen) atoms. The van der Waals surface area contributed by atoms with Crippen LogP contribution in [0, 0.1) is 0 Å². The predicted molar refractivity (Wildman–Crippen MR) is 118 cm³/mol. The van der Waals surface area contributed by atoms with Crippen LogP contribution in [0.1, 0.15) is 0 Å². The Labute approximate surface area is 166 Å². The first-order valence-electron chi connectivity index (χ1n) is 9.79. The van der Waals surface area contributed by atoms with E-state index in [1.807, 2.05) is 53.1 Å². The summed E-state index contributed by atoms with van der Waals surface area (Å²) in [6.07, 6.45) is 0. The number of ether oxygens (including phenoxy) is 1. The van der Waals surface area contributed by atoms with Gasteiger partial charge in [0, 0.05) is 16.5 Å². The summed E-state index contributed by atoms with van der Waals surface area (Å²) in [6.45, 7) is 0.0513. The van der Waals surface area contributed by atoms with E-state index >= 15 is 0 Å². The number of fused-ring (bicyclic) bond motifs is 7. The largest absolute Gasteiger partial charge is 0.458 e. The highest BCUT2D eigenvalue weighted by Crippen LogP contribution is 2.33. The first-order valence-corrected chi connectivity index (χ1v) is 9.79. The minimum atomic E-state index is 0.0197. The Kier molecular flexibility index (Phi) is 2.71. The molecule has 0 saturated carbocycles. The summed E-state index contributed by atoms with van der Waals surface area (Å²) in [5.41, 5.74) is 5.31. The van der Waals surface area contributed by atoms with Gasteiger partial charge in [0.1, 0.15) is 11.5 Å². The normalized spacial score (nSPS) is 13.2. The minimum Gasteiger partial charge on any atom is -0.458 e. The molecule has 0 saturated heterocycles. The molecule has 0 unspecified atom stereocenters. The fraction of sp³-hybridized carbons (Fsp3) is 0. The maximum Gasteiger partial charge on any atom is 0.263 e. The van der Waals surface area contributed by atoms with Crippen LogP contribution in [0.3, 0.4) is 0 Å². The Morgan fingerprint density at radius 2 is 1.38 bits per heavy atom. The number of hydrogen-bond acceptors (Lipinski definition) is 2. The van der Waals surface area contributed by atoms with Crippen molar-refractivity contribution in [3.05, 3.63) is 95.3 Å². The summed E-state index contributed by atoms with van der Waals surface area (Å²) in [5, 5.41) is 2.82. The third-order valence-corrected chi connectivity index (χ3v) is 6.28. The SMILES string of the molecule is O=c1c2ccccc2c2ccc3c4c2n1-c1ccccc1B4c1ccccc1O3. The molecule has 2 aliphatic rings. The molecule has 7 rings (SSSR count). The lowest BCUT2D eigenvalue weighted by atomic mass is 9.34. The van der Waals surface area contributed by atoms with Gasteiger partial charge < -0.3 is 4.74 Å². The molecule has 134 valence electrons. The van der Waals surface area contributed by atoms with Crippen molar-refractivity contribution in [2.45, 2.75) is 0 Å². The number of hydrogen-bond donors (Lipinski definition) is 0. The van der Waals surface area contributed by atoms with E-state index in [2.05, 4.69) is 36.4 Å². The maximum atomic E-state index is 13.6. The van der Waals surface area contributed by atoms with Crippen LogP contribution in [0.15, 0.2) is 89.7 Å². The highest BCUT2D eigenvalue weighted by molar-refractivity contribution is 6.99. The molecule has 0 radical (unpaired) electrons. The van der Waals surface area contributed by atoms with Crippen LogP contribution in [-0.2, 0) is 0 Å². The fourth-order valence-corrected chi connectivity index (χ4v) is 5.12. The fourth-order valence-electron chi connectivity index (χ4n) is 5.12.